The lowest BCUT2D eigenvalue weighted by Gasteiger charge is -2.11. The first-order chi connectivity index (χ1) is 12.2. The van der Waals surface area contributed by atoms with Crippen LogP contribution in [0.4, 0.5) is 5.69 Å². The zero-order valence-electron chi connectivity index (χ0n) is 13.8. The van der Waals surface area contributed by atoms with Gasteiger partial charge in [0, 0.05) is 11.1 Å². The van der Waals surface area contributed by atoms with E-state index in [1.54, 1.807) is 34.7 Å². The average molecular weight is 350 g/mol. The summed E-state index contributed by atoms with van der Waals surface area (Å²) in [5.74, 6) is -0.395. The van der Waals surface area contributed by atoms with Crippen LogP contribution in [0.2, 0.25) is 0 Å². The Morgan fingerprint density at radius 3 is 2.48 bits per heavy atom. The van der Waals surface area contributed by atoms with E-state index in [2.05, 4.69) is 5.32 Å². The summed E-state index contributed by atoms with van der Waals surface area (Å²) in [7, 11) is 0. The van der Waals surface area contributed by atoms with Crippen molar-refractivity contribution < 1.29 is 4.79 Å². The standard InChI is InChI=1S/C20H18N2O2S/c1-25-18-12-6-5-11-17(18)21-19(23)16-10-7-13-22(20(16)24)14-15-8-3-2-4-9-15/h2-13H,14H2,1H3,(H,21,23). The molecule has 0 fully saturated rings. The van der Waals surface area contributed by atoms with Crippen LogP contribution >= 0.6 is 11.8 Å². The summed E-state index contributed by atoms with van der Waals surface area (Å²) in [6, 6.07) is 20.5. The van der Waals surface area contributed by atoms with Crippen molar-refractivity contribution in [1.29, 1.82) is 0 Å². The summed E-state index contributed by atoms with van der Waals surface area (Å²) in [6.07, 6.45) is 3.64. The van der Waals surface area contributed by atoms with E-state index in [0.717, 1.165) is 10.5 Å². The van der Waals surface area contributed by atoms with Crippen LogP contribution in [0.3, 0.4) is 0 Å². The molecule has 0 aliphatic rings. The molecule has 2 aromatic carbocycles. The van der Waals surface area contributed by atoms with Crippen molar-refractivity contribution in [2.45, 2.75) is 11.4 Å². The van der Waals surface area contributed by atoms with Gasteiger partial charge in [0.25, 0.3) is 11.5 Å². The number of amides is 1. The van der Waals surface area contributed by atoms with Crippen LogP contribution < -0.4 is 10.9 Å². The minimum atomic E-state index is -0.395. The average Bonchev–Trinajstić information content (AvgIpc) is 2.64. The van der Waals surface area contributed by atoms with E-state index in [9.17, 15) is 9.59 Å². The van der Waals surface area contributed by atoms with E-state index < -0.39 is 5.91 Å². The smallest absolute Gasteiger partial charge is 0.263 e. The molecule has 0 bridgehead atoms. The van der Waals surface area contributed by atoms with E-state index in [1.807, 2.05) is 60.9 Å². The van der Waals surface area contributed by atoms with E-state index in [4.69, 9.17) is 0 Å². The van der Waals surface area contributed by atoms with Crippen molar-refractivity contribution in [3.8, 4) is 0 Å². The maximum absolute atomic E-state index is 12.7. The number of aromatic nitrogens is 1. The van der Waals surface area contributed by atoms with Crippen molar-refractivity contribution in [2.75, 3.05) is 11.6 Å². The van der Waals surface area contributed by atoms with Crippen LogP contribution in [0.25, 0.3) is 0 Å². The molecule has 0 saturated heterocycles. The van der Waals surface area contributed by atoms with Gasteiger partial charge in [0.15, 0.2) is 0 Å². The van der Waals surface area contributed by atoms with Gasteiger partial charge in [-0.25, -0.2) is 0 Å². The number of thioether (sulfide) groups is 1. The van der Waals surface area contributed by atoms with Gasteiger partial charge in [-0.05, 0) is 36.1 Å². The fourth-order valence-electron chi connectivity index (χ4n) is 2.55. The van der Waals surface area contributed by atoms with Crippen molar-refractivity contribution in [3.05, 3.63) is 94.4 Å². The monoisotopic (exact) mass is 350 g/mol. The summed E-state index contributed by atoms with van der Waals surface area (Å²) in [4.78, 5) is 26.2. The van der Waals surface area contributed by atoms with Gasteiger partial charge >= 0.3 is 0 Å². The van der Waals surface area contributed by atoms with Crippen LogP contribution in [0.5, 0.6) is 0 Å². The minimum absolute atomic E-state index is 0.134. The first-order valence-electron chi connectivity index (χ1n) is 7.87. The maximum Gasteiger partial charge on any atom is 0.263 e. The largest absolute Gasteiger partial charge is 0.321 e. The van der Waals surface area contributed by atoms with Crippen molar-refractivity contribution in [3.63, 3.8) is 0 Å². The lowest BCUT2D eigenvalue weighted by Crippen LogP contribution is -2.29. The SMILES string of the molecule is CSc1ccccc1NC(=O)c1cccn(Cc2ccccc2)c1=O. The molecule has 0 unspecified atom stereocenters. The molecule has 0 saturated carbocycles. The molecule has 0 spiro atoms. The molecule has 0 aliphatic heterocycles. The highest BCUT2D eigenvalue weighted by Crippen LogP contribution is 2.24. The quantitative estimate of drug-likeness (QED) is 0.711. The van der Waals surface area contributed by atoms with Gasteiger partial charge in [-0.1, -0.05) is 42.5 Å². The maximum atomic E-state index is 12.7. The van der Waals surface area contributed by atoms with Crippen LogP contribution in [0, 0.1) is 0 Å². The topological polar surface area (TPSA) is 51.1 Å². The fraction of sp³-hybridized carbons (Fsp3) is 0.100. The summed E-state index contributed by atoms with van der Waals surface area (Å²) < 4.78 is 1.55. The molecule has 5 heteroatoms. The number of rotatable bonds is 5. The number of anilines is 1. The third-order valence-electron chi connectivity index (χ3n) is 3.82. The molecule has 1 aromatic heterocycles. The van der Waals surface area contributed by atoms with Crippen molar-refractivity contribution in [2.24, 2.45) is 0 Å². The van der Waals surface area contributed by atoms with Gasteiger partial charge in [-0.3, -0.25) is 9.59 Å². The van der Waals surface area contributed by atoms with Crippen LogP contribution in [0.15, 0.2) is 82.6 Å². The third kappa shape index (κ3) is 4.00. The predicted molar refractivity (Wildman–Crippen MR) is 102 cm³/mol. The van der Waals surface area contributed by atoms with E-state index in [0.29, 0.717) is 12.2 Å². The molecule has 3 aromatic rings. The number of benzene rings is 2. The lowest BCUT2D eigenvalue weighted by molar-refractivity contribution is 0.102. The fourth-order valence-corrected chi connectivity index (χ4v) is 3.11. The molecule has 25 heavy (non-hydrogen) atoms. The second kappa shape index (κ2) is 7.85. The number of carbonyl (C=O) groups is 1. The second-order valence-electron chi connectivity index (χ2n) is 5.49. The van der Waals surface area contributed by atoms with Crippen LogP contribution in [0.1, 0.15) is 15.9 Å². The van der Waals surface area contributed by atoms with E-state index >= 15 is 0 Å². The molecule has 1 amide bonds. The number of para-hydroxylation sites is 1. The van der Waals surface area contributed by atoms with Crippen LogP contribution in [-0.4, -0.2) is 16.7 Å². The Morgan fingerprint density at radius 1 is 1.00 bits per heavy atom. The van der Waals surface area contributed by atoms with E-state index in [-0.39, 0.29) is 11.1 Å². The first kappa shape index (κ1) is 17.0. The predicted octanol–water partition coefficient (Wildman–Crippen LogP) is 3.87. The highest BCUT2D eigenvalue weighted by molar-refractivity contribution is 7.98. The number of carbonyl (C=O) groups excluding carboxylic acids is 1. The first-order valence-corrected chi connectivity index (χ1v) is 9.09. The zero-order valence-corrected chi connectivity index (χ0v) is 14.6. The van der Waals surface area contributed by atoms with Gasteiger partial charge in [0.05, 0.1) is 12.2 Å². The summed E-state index contributed by atoms with van der Waals surface area (Å²) in [6.45, 7) is 0.433. The Morgan fingerprint density at radius 2 is 1.72 bits per heavy atom. The Bertz CT molecular complexity index is 936. The van der Waals surface area contributed by atoms with Gasteiger partial charge in [0.2, 0.25) is 0 Å². The van der Waals surface area contributed by atoms with Gasteiger partial charge < -0.3 is 9.88 Å². The highest BCUT2D eigenvalue weighted by atomic mass is 32.2. The Balaban J connectivity index is 1.86. The van der Waals surface area contributed by atoms with Crippen molar-refractivity contribution >= 4 is 23.4 Å². The Hall–Kier alpha value is -2.79. The van der Waals surface area contributed by atoms with Gasteiger partial charge in [-0.2, -0.15) is 0 Å². The van der Waals surface area contributed by atoms with Gasteiger partial charge in [0.1, 0.15) is 5.56 Å². The molecule has 4 nitrogen and oxygen atoms in total. The molecular formula is C20H18N2O2S. The molecule has 3 rings (SSSR count). The number of hydrogen-bond donors (Lipinski definition) is 1. The molecule has 126 valence electrons. The van der Waals surface area contributed by atoms with E-state index in [1.165, 1.54) is 0 Å². The zero-order chi connectivity index (χ0) is 17.6. The normalized spacial score (nSPS) is 10.4. The van der Waals surface area contributed by atoms with Crippen LogP contribution in [-0.2, 0) is 6.54 Å². The Kier molecular flexibility index (Phi) is 5.36. The molecule has 1 heterocycles. The molecule has 0 atom stereocenters. The number of hydrogen-bond acceptors (Lipinski definition) is 3. The second-order valence-corrected chi connectivity index (χ2v) is 6.34. The lowest BCUT2D eigenvalue weighted by atomic mass is 10.2. The van der Waals surface area contributed by atoms with Gasteiger partial charge in [-0.15, -0.1) is 11.8 Å². The molecular weight excluding hydrogens is 332 g/mol. The Labute approximate surface area is 150 Å². The number of nitrogens with zero attached hydrogens (tertiary/aromatic N) is 1. The summed E-state index contributed by atoms with van der Waals surface area (Å²) in [5.41, 5.74) is 1.55. The molecule has 0 aliphatic carbocycles. The van der Waals surface area contributed by atoms with Crippen molar-refractivity contribution in [1.82, 2.24) is 4.57 Å². The summed E-state index contributed by atoms with van der Waals surface area (Å²) >= 11 is 1.54. The third-order valence-corrected chi connectivity index (χ3v) is 4.61. The molecule has 1 N–H and O–H groups in total. The number of pyridine rings is 1. The minimum Gasteiger partial charge on any atom is -0.321 e. The summed E-state index contributed by atoms with van der Waals surface area (Å²) in [5, 5.41) is 2.84. The number of nitrogens with one attached hydrogen (secondary N) is 1. The molecule has 0 radical (unpaired) electrons. The highest BCUT2D eigenvalue weighted by Gasteiger charge is 2.14.